The Morgan fingerprint density at radius 2 is 1.81 bits per heavy atom. The van der Waals surface area contributed by atoms with Gasteiger partial charge in [-0.3, -0.25) is 0 Å². The lowest BCUT2D eigenvalue weighted by atomic mass is 10.0. The minimum atomic E-state index is -0.0233. The highest BCUT2D eigenvalue weighted by Gasteiger charge is 2.08. The topological polar surface area (TPSA) is 29.5 Å². The second-order valence-corrected chi connectivity index (χ2v) is 5.20. The van der Waals surface area contributed by atoms with Crippen molar-refractivity contribution in [1.82, 2.24) is 0 Å². The van der Waals surface area contributed by atoms with Crippen molar-refractivity contribution in [1.29, 1.82) is 0 Å². The first-order chi connectivity index (χ1) is 10.3. The Hall–Kier alpha value is -2.32. The van der Waals surface area contributed by atoms with Crippen LogP contribution in [-0.2, 0) is 13.2 Å². The van der Waals surface area contributed by atoms with Crippen LogP contribution in [0.25, 0.3) is 10.8 Å². The van der Waals surface area contributed by atoms with Crippen molar-refractivity contribution in [3.63, 3.8) is 0 Å². The van der Waals surface area contributed by atoms with Crippen molar-refractivity contribution >= 4 is 10.8 Å². The Kier molecular flexibility index (Phi) is 3.89. The normalized spacial score (nSPS) is 10.8. The molecule has 0 heterocycles. The highest BCUT2D eigenvalue weighted by molar-refractivity contribution is 5.87. The Bertz CT molecular complexity index is 762. The van der Waals surface area contributed by atoms with Crippen LogP contribution >= 0.6 is 0 Å². The minimum absolute atomic E-state index is 0.0233. The lowest BCUT2D eigenvalue weighted by Gasteiger charge is -2.13. The van der Waals surface area contributed by atoms with Gasteiger partial charge in [0.15, 0.2) is 0 Å². The van der Waals surface area contributed by atoms with Crippen LogP contribution in [0, 0.1) is 6.92 Å². The van der Waals surface area contributed by atoms with Crippen LogP contribution in [0.15, 0.2) is 60.7 Å². The maximum absolute atomic E-state index is 9.68. The van der Waals surface area contributed by atoms with Crippen LogP contribution in [0.3, 0.4) is 0 Å². The summed E-state index contributed by atoms with van der Waals surface area (Å²) in [5.74, 6) is 0.748. The summed E-state index contributed by atoms with van der Waals surface area (Å²) in [5.41, 5.74) is 3.20. The quantitative estimate of drug-likeness (QED) is 0.774. The maximum atomic E-state index is 9.68. The fourth-order valence-electron chi connectivity index (χ4n) is 2.58. The first-order valence-electron chi connectivity index (χ1n) is 7.08. The molecule has 0 fully saturated rings. The zero-order valence-corrected chi connectivity index (χ0v) is 12.0. The molecule has 0 saturated heterocycles. The van der Waals surface area contributed by atoms with E-state index in [4.69, 9.17) is 4.74 Å². The van der Waals surface area contributed by atoms with E-state index in [0.29, 0.717) is 6.61 Å². The molecule has 1 N–H and O–H groups in total. The van der Waals surface area contributed by atoms with Gasteiger partial charge in [-0.05, 0) is 29.3 Å². The molecule has 3 aromatic carbocycles. The molecule has 0 radical (unpaired) electrons. The smallest absolute Gasteiger partial charge is 0.125 e. The molecule has 0 aliphatic heterocycles. The fraction of sp³-hybridized carbons (Fsp3) is 0.158. The highest BCUT2D eigenvalue weighted by Crippen LogP contribution is 2.28. The van der Waals surface area contributed by atoms with E-state index >= 15 is 0 Å². The van der Waals surface area contributed by atoms with E-state index in [-0.39, 0.29) is 6.61 Å². The Labute approximate surface area is 124 Å². The Morgan fingerprint density at radius 1 is 0.952 bits per heavy atom. The van der Waals surface area contributed by atoms with Crippen LogP contribution < -0.4 is 4.74 Å². The second kappa shape index (κ2) is 5.98. The summed E-state index contributed by atoms with van der Waals surface area (Å²) in [6.45, 7) is 2.55. The van der Waals surface area contributed by atoms with Gasteiger partial charge in [-0.2, -0.15) is 0 Å². The van der Waals surface area contributed by atoms with Crippen LogP contribution in [-0.4, -0.2) is 5.11 Å². The molecule has 3 rings (SSSR count). The number of hydrogen-bond donors (Lipinski definition) is 1. The average molecular weight is 278 g/mol. The van der Waals surface area contributed by atoms with Crippen LogP contribution in [0.1, 0.15) is 16.7 Å². The van der Waals surface area contributed by atoms with E-state index in [1.165, 1.54) is 5.56 Å². The van der Waals surface area contributed by atoms with E-state index in [2.05, 4.69) is 19.1 Å². The minimum Gasteiger partial charge on any atom is -0.489 e. The van der Waals surface area contributed by atoms with Gasteiger partial charge >= 0.3 is 0 Å². The van der Waals surface area contributed by atoms with Crippen molar-refractivity contribution in [2.24, 2.45) is 0 Å². The van der Waals surface area contributed by atoms with Gasteiger partial charge in [0.05, 0.1) is 6.61 Å². The number of rotatable bonds is 4. The lowest BCUT2D eigenvalue weighted by Crippen LogP contribution is -1.99. The van der Waals surface area contributed by atoms with Gasteiger partial charge in [-0.15, -0.1) is 0 Å². The molecular weight excluding hydrogens is 260 g/mol. The van der Waals surface area contributed by atoms with Crippen LogP contribution in [0.4, 0.5) is 0 Å². The summed E-state index contributed by atoms with van der Waals surface area (Å²) in [7, 11) is 0. The van der Waals surface area contributed by atoms with Crippen LogP contribution in [0.5, 0.6) is 5.75 Å². The summed E-state index contributed by atoms with van der Waals surface area (Å²) in [6, 6.07) is 20.2. The zero-order valence-electron chi connectivity index (χ0n) is 12.0. The van der Waals surface area contributed by atoms with E-state index in [9.17, 15) is 5.11 Å². The summed E-state index contributed by atoms with van der Waals surface area (Å²) >= 11 is 0. The van der Waals surface area contributed by atoms with Gasteiger partial charge in [0.1, 0.15) is 12.4 Å². The standard InChI is InChI=1S/C19H18O2/c1-14-5-4-6-15(11-14)13-21-19-10-9-16-7-2-3-8-17(16)18(19)12-20/h2-11,20H,12-13H2,1H3. The van der Waals surface area contributed by atoms with Gasteiger partial charge in [0.25, 0.3) is 0 Å². The Balaban J connectivity index is 1.90. The first kappa shape index (κ1) is 13.7. The molecule has 21 heavy (non-hydrogen) atoms. The molecule has 0 aromatic heterocycles. The van der Waals surface area contributed by atoms with Gasteiger partial charge in [0, 0.05) is 5.56 Å². The molecule has 0 atom stereocenters. The fourth-order valence-corrected chi connectivity index (χ4v) is 2.58. The summed E-state index contributed by atoms with van der Waals surface area (Å²) in [4.78, 5) is 0. The molecule has 2 nitrogen and oxygen atoms in total. The molecule has 0 aliphatic rings. The number of benzene rings is 3. The Morgan fingerprint density at radius 3 is 2.62 bits per heavy atom. The number of aryl methyl sites for hydroxylation is 1. The molecule has 3 aromatic rings. The van der Waals surface area contributed by atoms with Gasteiger partial charge in [0.2, 0.25) is 0 Å². The number of aliphatic hydroxyl groups is 1. The summed E-state index contributed by atoms with van der Waals surface area (Å²) in [6.07, 6.45) is 0. The van der Waals surface area contributed by atoms with E-state index in [1.54, 1.807) is 0 Å². The summed E-state index contributed by atoms with van der Waals surface area (Å²) < 4.78 is 5.92. The first-order valence-corrected chi connectivity index (χ1v) is 7.08. The predicted octanol–water partition coefficient (Wildman–Crippen LogP) is 4.22. The van der Waals surface area contributed by atoms with E-state index in [0.717, 1.165) is 27.6 Å². The molecular formula is C19H18O2. The van der Waals surface area contributed by atoms with Gasteiger partial charge in [-0.1, -0.05) is 60.2 Å². The molecule has 0 unspecified atom stereocenters. The predicted molar refractivity (Wildman–Crippen MR) is 85.4 cm³/mol. The summed E-state index contributed by atoms with van der Waals surface area (Å²) in [5, 5.41) is 11.8. The molecule has 0 bridgehead atoms. The molecule has 0 spiro atoms. The van der Waals surface area contributed by atoms with E-state index in [1.807, 2.05) is 48.5 Å². The maximum Gasteiger partial charge on any atom is 0.125 e. The van der Waals surface area contributed by atoms with Crippen molar-refractivity contribution in [2.45, 2.75) is 20.1 Å². The SMILES string of the molecule is Cc1cccc(COc2ccc3ccccc3c2CO)c1. The molecule has 0 aliphatic carbocycles. The number of aliphatic hydroxyl groups excluding tert-OH is 1. The number of fused-ring (bicyclic) bond motifs is 1. The number of ether oxygens (including phenoxy) is 1. The van der Waals surface area contributed by atoms with Crippen molar-refractivity contribution < 1.29 is 9.84 Å². The monoisotopic (exact) mass is 278 g/mol. The third-order valence-corrected chi connectivity index (χ3v) is 3.63. The molecule has 2 heteroatoms. The average Bonchev–Trinajstić information content (AvgIpc) is 2.52. The third-order valence-electron chi connectivity index (χ3n) is 3.63. The van der Waals surface area contributed by atoms with Gasteiger partial charge in [-0.25, -0.2) is 0 Å². The zero-order chi connectivity index (χ0) is 14.7. The highest BCUT2D eigenvalue weighted by atomic mass is 16.5. The third kappa shape index (κ3) is 2.91. The van der Waals surface area contributed by atoms with E-state index < -0.39 is 0 Å². The second-order valence-electron chi connectivity index (χ2n) is 5.20. The largest absolute Gasteiger partial charge is 0.489 e. The molecule has 0 saturated carbocycles. The van der Waals surface area contributed by atoms with Crippen molar-refractivity contribution in [2.75, 3.05) is 0 Å². The van der Waals surface area contributed by atoms with Crippen LogP contribution in [0.2, 0.25) is 0 Å². The van der Waals surface area contributed by atoms with Crippen molar-refractivity contribution in [3.8, 4) is 5.75 Å². The van der Waals surface area contributed by atoms with Gasteiger partial charge < -0.3 is 9.84 Å². The lowest BCUT2D eigenvalue weighted by molar-refractivity contribution is 0.261. The number of hydrogen-bond acceptors (Lipinski definition) is 2. The molecule has 106 valence electrons. The van der Waals surface area contributed by atoms with Crippen molar-refractivity contribution in [3.05, 3.63) is 77.4 Å². The molecule has 0 amide bonds.